The highest BCUT2D eigenvalue weighted by Gasteiger charge is 2.41. The van der Waals surface area contributed by atoms with Gasteiger partial charge in [-0.2, -0.15) is 0 Å². The predicted molar refractivity (Wildman–Crippen MR) is 135 cm³/mol. The van der Waals surface area contributed by atoms with Crippen molar-refractivity contribution in [1.82, 2.24) is 0 Å². The molecule has 0 aromatic heterocycles. The molecule has 166 valence electrons. The van der Waals surface area contributed by atoms with Gasteiger partial charge in [-0.05, 0) is 60.9 Å². The third kappa shape index (κ3) is 4.88. The van der Waals surface area contributed by atoms with Gasteiger partial charge in [0.1, 0.15) is 24.2 Å². The Hall–Kier alpha value is -2.65. The zero-order valence-corrected chi connectivity index (χ0v) is 20.1. The standard InChI is InChI=1S/C29H32O2S/c1-5-9-23-18-27-25(19-26(23)30-20-22-10-7-6-8-11-22)29(2,3)28(31-27)17-14-21-12-15-24(32-4)16-13-21/h5-8,10-13,15-16,18-19,28H,1,9,14,17,20H2,2-4H3. The second kappa shape index (κ2) is 9.87. The van der Waals surface area contributed by atoms with E-state index in [0.717, 1.165) is 36.3 Å². The minimum Gasteiger partial charge on any atom is -0.489 e. The van der Waals surface area contributed by atoms with E-state index in [0.29, 0.717) is 6.61 Å². The van der Waals surface area contributed by atoms with Gasteiger partial charge in [0.2, 0.25) is 0 Å². The van der Waals surface area contributed by atoms with E-state index < -0.39 is 0 Å². The molecule has 0 saturated carbocycles. The van der Waals surface area contributed by atoms with E-state index in [4.69, 9.17) is 9.47 Å². The predicted octanol–water partition coefficient (Wildman–Crippen LogP) is 7.39. The van der Waals surface area contributed by atoms with Crippen molar-refractivity contribution in [3.63, 3.8) is 0 Å². The fourth-order valence-electron chi connectivity index (χ4n) is 4.37. The van der Waals surface area contributed by atoms with Crippen LogP contribution in [0, 0.1) is 0 Å². The molecule has 4 rings (SSSR count). The first kappa shape index (κ1) is 22.5. The third-order valence-corrected chi connectivity index (χ3v) is 7.13. The molecule has 3 aromatic carbocycles. The average Bonchev–Trinajstić information content (AvgIpc) is 3.06. The first-order valence-electron chi connectivity index (χ1n) is 11.3. The average molecular weight is 445 g/mol. The minimum atomic E-state index is -0.0773. The van der Waals surface area contributed by atoms with Crippen LogP contribution in [0.15, 0.2) is 84.3 Å². The van der Waals surface area contributed by atoms with Crippen LogP contribution in [0.1, 0.15) is 42.5 Å². The third-order valence-electron chi connectivity index (χ3n) is 6.39. The number of ether oxygens (including phenoxy) is 2. The van der Waals surface area contributed by atoms with Crippen LogP contribution < -0.4 is 9.47 Å². The van der Waals surface area contributed by atoms with Crippen molar-refractivity contribution in [2.24, 2.45) is 0 Å². The number of hydrogen-bond donors (Lipinski definition) is 0. The normalized spacial score (nSPS) is 16.3. The van der Waals surface area contributed by atoms with Gasteiger partial charge in [-0.1, -0.05) is 62.4 Å². The molecule has 0 saturated heterocycles. The van der Waals surface area contributed by atoms with Crippen molar-refractivity contribution in [1.29, 1.82) is 0 Å². The van der Waals surface area contributed by atoms with Gasteiger partial charge >= 0.3 is 0 Å². The Morgan fingerprint density at radius 3 is 2.47 bits per heavy atom. The molecular weight excluding hydrogens is 412 g/mol. The highest BCUT2D eigenvalue weighted by molar-refractivity contribution is 7.98. The fourth-order valence-corrected chi connectivity index (χ4v) is 4.78. The zero-order chi connectivity index (χ0) is 22.6. The highest BCUT2D eigenvalue weighted by Crippen LogP contribution is 2.47. The summed E-state index contributed by atoms with van der Waals surface area (Å²) in [5.74, 6) is 1.92. The van der Waals surface area contributed by atoms with E-state index in [1.807, 2.05) is 24.3 Å². The topological polar surface area (TPSA) is 18.5 Å². The maximum Gasteiger partial charge on any atom is 0.124 e. The summed E-state index contributed by atoms with van der Waals surface area (Å²) in [5.41, 5.74) is 4.80. The van der Waals surface area contributed by atoms with Gasteiger partial charge in [-0.25, -0.2) is 0 Å². The second-order valence-corrected chi connectivity index (χ2v) is 9.82. The van der Waals surface area contributed by atoms with Crippen molar-refractivity contribution >= 4 is 11.8 Å². The Labute approximate surface area is 196 Å². The van der Waals surface area contributed by atoms with Crippen LogP contribution >= 0.6 is 11.8 Å². The number of hydrogen-bond acceptors (Lipinski definition) is 3. The molecule has 0 aliphatic carbocycles. The van der Waals surface area contributed by atoms with E-state index in [-0.39, 0.29) is 11.5 Å². The monoisotopic (exact) mass is 444 g/mol. The number of thioether (sulfide) groups is 1. The lowest BCUT2D eigenvalue weighted by atomic mass is 9.78. The van der Waals surface area contributed by atoms with Crippen LogP contribution in [0.4, 0.5) is 0 Å². The number of fused-ring (bicyclic) bond motifs is 1. The summed E-state index contributed by atoms with van der Waals surface area (Å²) in [6.45, 7) is 9.06. The van der Waals surface area contributed by atoms with Gasteiger partial charge in [-0.3, -0.25) is 0 Å². The molecule has 0 fully saturated rings. The molecule has 0 amide bonds. The number of allylic oxidation sites excluding steroid dienone is 1. The van der Waals surface area contributed by atoms with Gasteiger partial charge < -0.3 is 9.47 Å². The molecule has 1 aliphatic heterocycles. The molecule has 0 spiro atoms. The second-order valence-electron chi connectivity index (χ2n) is 8.94. The summed E-state index contributed by atoms with van der Waals surface area (Å²) in [5, 5.41) is 0. The Morgan fingerprint density at radius 2 is 1.78 bits per heavy atom. The van der Waals surface area contributed by atoms with Crippen molar-refractivity contribution in [3.8, 4) is 11.5 Å². The summed E-state index contributed by atoms with van der Waals surface area (Å²) in [6, 6.07) is 23.5. The summed E-state index contributed by atoms with van der Waals surface area (Å²) in [4.78, 5) is 1.30. The van der Waals surface area contributed by atoms with Crippen LogP contribution in [0.2, 0.25) is 0 Å². The van der Waals surface area contributed by atoms with Crippen molar-refractivity contribution in [3.05, 3.63) is 102 Å². The number of benzene rings is 3. The summed E-state index contributed by atoms with van der Waals surface area (Å²) >= 11 is 1.78. The van der Waals surface area contributed by atoms with Gasteiger partial charge in [0.05, 0.1) is 0 Å². The molecule has 1 atom stereocenters. The van der Waals surface area contributed by atoms with Crippen molar-refractivity contribution in [2.75, 3.05) is 6.26 Å². The Bertz CT molecular complexity index is 1050. The SMILES string of the molecule is C=CCc1cc2c(cc1OCc1ccccc1)C(C)(C)C(CCc1ccc(SC)cc1)O2. The Balaban J connectivity index is 1.52. The van der Waals surface area contributed by atoms with Crippen LogP contribution in [0.5, 0.6) is 11.5 Å². The van der Waals surface area contributed by atoms with E-state index in [1.54, 1.807) is 11.8 Å². The smallest absolute Gasteiger partial charge is 0.124 e. The summed E-state index contributed by atoms with van der Waals surface area (Å²) < 4.78 is 12.8. The van der Waals surface area contributed by atoms with Crippen LogP contribution in [0.25, 0.3) is 0 Å². The number of aryl methyl sites for hydroxylation is 1. The Morgan fingerprint density at radius 1 is 1.03 bits per heavy atom. The minimum absolute atomic E-state index is 0.0773. The number of rotatable bonds is 9. The van der Waals surface area contributed by atoms with Crippen LogP contribution in [0.3, 0.4) is 0 Å². The molecule has 32 heavy (non-hydrogen) atoms. The fraction of sp³-hybridized carbons (Fsp3) is 0.310. The molecule has 1 heterocycles. The van der Waals surface area contributed by atoms with Gasteiger partial charge in [0, 0.05) is 21.4 Å². The first-order chi connectivity index (χ1) is 15.5. The molecule has 3 heteroatoms. The van der Waals surface area contributed by atoms with E-state index in [9.17, 15) is 0 Å². The van der Waals surface area contributed by atoms with Gasteiger partial charge in [0.25, 0.3) is 0 Å². The highest BCUT2D eigenvalue weighted by atomic mass is 32.2. The largest absolute Gasteiger partial charge is 0.489 e. The quantitative estimate of drug-likeness (QED) is 0.253. The van der Waals surface area contributed by atoms with Crippen LogP contribution in [-0.2, 0) is 24.9 Å². The maximum atomic E-state index is 6.50. The summed E-state index contributed by atoms with van der Waals surface area (Å²) in [7, 11) is 0. The molecule has 0 radical (unpaired) electrons. The molecule has 0 bridgehead atoms. The zero-order valence-electron chi connectivity index (χ0n) is 19.3. The van der Waals surface area contributed by atoms with Gasteiger partial charge in [-0.15, -0.1) is 18.3 Å². The molecule has 0 N–H and O–H groups in total. The lowest BCUT2D eigenvalue weighted by molar-refractivity contribution is 0.155. The van der Waals surface area contributed by atoms with Crippen molar-refractivity contribution in [2.45, 2.75) is 56.1 Å². The van der Waals surface area contributed by atoms with Gasteiger partial charge in [0.15, 0.2) is 0 Å². The lowest BCUT2D eigenvalue weighted by Crippen LogP contribution is -2.32. The first-order valence-corrected chi connectivity index (χ1v) is 12.5. The maximum absolute atomic E-state index is 6.50. The summed E-state index contributed by atoms with van der Waals surface area (Å²) in [6.07, 6.45) is 6.92. The van der Waals surface area contributed by atoms with Crippen LogP contribution in [-0.4, -0.2) is 12.4 Å². The van der Waals surface area contributed by atoms with E-state index >= 15 is 0 Å². The lowest BCUT2D eigenvalue weighted by Gasteiger charge is -2.26. The molecule has 1 aliphatic rings. The molecule has 2 nitrogen and oxygen atoms in total. The molecular formula is C29H32O2S. The molecule has 1 unspecified atom stereocenters. The van der Waals surface area contributed by atoms with E-state index in [2.05, 4.69) is 75.2 Å². The molecule has 3 aromatic rings. The Kier molecular flexibility index (Phi) is 6.95. The van der Waals surface area contributed by atoms with Crippen molar-refractivity contribution < 1.29 is 9.47 Å². The van der Waals surface area contributed by atoms with E-state index in [1.165, 1.54) is 21.6 Å².